The molecule has 7 nitrogen and oxygen atoms in total. The number of aromatic nitrogens is 2. The van der Waals surface area contributed by atoms with Crippen LogP contribution in [0.5, 0.6) is 5.75 Å². The summed E-state index contributed by atoms with van der Waals surface area (Å²) in [6, 6.07) is 15.3. The molecule has 32 heavy (non-hydrogen) atoms. The standard InChI is InChI=1S/C24H26FN3O4/c1-30-16-13-24(23-26-22(32-27-23)18-7-9-19(25)10-8-18)11-14-28(15-12-24)21(29)17-31-20-5-3-2-4-6-20/h2-10H,11-17H2,1H3. The first-order valence-electron chi connectivity index (χ1n) is 10.6. The maximum atomic E-state index is 13.2. The zero-order valence-corrected chi connectivity index (χ0v) is 18.0. The predicted octanol–water partition coefficient (Wildman–Crippen LogP) is 3.85. The van der Waals surface area contributed by atoms with E-state index in [-0.39, 0.29) is 23.7 Å². The Morgan fingerprint density at radius 3 is 2.53 bits per heavy atom. The van der Waals surface area contributed by atoms with Crippen LogP contribution in [0.4, 0.5) is 4.39 Å². The molecular formula is C24H26FN3O4. The van der Waals surface area contributed by atoms with Gasteiger partial charge in [0.25, 0.3) is 11.8 Å². The molecule has 0 N–H and O–H groups in total. The van der Waals surface area contributed by atoms with Gasteiger partial charge in [-0.2, -0.15) is 4.98 Å². The molecule has 4 rings (SSSR count). The van der Waals surface area contributed by atoms with Crippen LogP contribution in [-0.2, 0) is 14.9 Å². The fourth-order valence-electron chi connectivity index (χ4n) is 3.97. The van der Waals surface area contributed by atoms with Crippen LogP contribution in [0.2, 0.25) is 0 Å². The van der Waals surface area contributed by atoms with E-state index in [1.54, 1.807) is 19.2 Å². The van der Waals surface area contributed by atoms with Gasteiger partial charge in [0.1, 0.15) is 11.6 Å². The van der Waals surface area contributed by atoms with E-state index >= 15 is 0 Å². The summed E-state index contributed by atoms with van der Waals surface area (Å²) < 4.78 is 29.7. The largest absolute Gasteiger partial charge is 0.484 e. The van der Waals surface area contributed by atoms with Gasteiger partial charge in [-0.15, -0.1) is 0 Å². The number of likely N-dealkylation sites (tertiary alicyclic amines) is 1. The van der Waals surface area contributed by atoms with Gasteiger partial charge in [-0.3, -0.25) is 4.79 Å². The average molecular weight is 439 g/mol. The summed E-state index contributed by atoms with van der Waals surface area (Å²) in [6.45, 7) is 1.69. The Balaban J connectivity index is 1.43. The maximum absolute atomic E-state index is 13.2. The van der Waals surface area contributed by atoms with Crippen LogP contribution in [0.25, 0.3) is 11.5 Å². The number of methoxy groups -OCH3 is 1. The van der Waals surface area contributed by atoms with Crippen molar-refractivity contribution < 1.29 is 23.2 Å². The first kappa shape index (κ1) is 22.0. The molecule has 0 aliphatic carbocycles. The van der Waals surface area contributed by atoms with Crippen molar-refractivity contribution in [1.29, 1.82) is 0 Å². The van der Waals surface area contributed by atoms with Gasteiger partial charge in [0.2, 0.25) is 0 Å². The second-order valence-corrected chi connectivity index (χ2v) is 7.94. The van der Waals surface area contributed by atoms with Crippen molar-refractivity contribution in [2.24, 2.45) is 0 Å². The number of rotatable bonds is 8. The third-order valence-corrected chi connectivity index (χ3v) is 5.96. The molecule has 1 aliphatic heterocycles. The third-order valence-electron chi connectivity index (χ3n) is 5.96. The third kappa shape index (κ3) is 4.96. The van der Waals surface area contributed by atoms with Gasteiger partial charge in [-0.1, -0.05) is 23.4 Å². The van der Waals surface area contributed by atoms with Crippen molar-refractivity contribution >= 4 is 5.91 Å². The van der Waals surface area contributed by atoms with Gasteiger partial charge in [-0.25, -0.2) is 4.39 Å². The van der Waals surface area contributed by atoms with Gasteiger partial charge >= 0.3 is 0 Å². The fourth-order valence-corrected chi connectivity index (χ4v) is 3.97. The molecule has 2 heterocycles. The lowest BCUT2D eigenvalue weighted by molar-refractivity contribution is -0.135. The highest BCUT2D eigenvalue weighted by atomic mass is 19.1. The molecule has 1 fully saturated rings. The van der Waals surface area contributed by atoms with Crippen LogP contribution < -0.4 is 4.74 Å². The van der Waals surface area contributed by atoms with Crippen molar-refractivity contribution in [3.8, 4) is 17.2 Å². The van der Waals surface area contributed by atoms with E-state index in [4.69, 9.17) is 14.0 Å². The number of carbonyl (C=O) groups is 1. The number of benzene rings is 2. The van der Waals surface area contributed by atoms with Crippen molar-refractivity contribution in [1.82, 2.24) is 15.0 Å². The van der Waals surface area contributed by atoms with E-state index in [1.807, 2.05) is 35.2 Å². The summed E-state index contributed by atoms with van der Waals surface area (Å²) in [6.07, 6.45) is 2.10. The summed E-state index contributed by atoms with van der Waals surface area (Å²) in [5, 5.41) is 4.25. The first-order chi connectivity index (χ1) is 15.6. The molecule has 1 aliphatic rings. The van der Waals surface area contributed by atoms with Gasteiger partial charge < -0.3 is 18.9 Å². The Kier molecular flexibility index (Phi) is 6.80. The Bertz CT molecular complexity index is 1020. The minimum Gasteiger partial charge on any atom is -0.484 e. The van der Waals surface area contributed by atoms with Gasteiger partial charge in [0, 0.05) is 37.8 Å². The Morgan fingerprint density at radius 1 is 1.12 bits per heavy atom. The van der Waals surface area contributed by atoms with Crippen molar-refractivity contribution in [2.45, 2.75) is 24.7 Å². The van der Waals surface area contributed by atoms with E-state index in [2.05, 4.69) is 10.1 Å². The Morgan fingerprint density at radius 2 is 1.84 bits per heavy atom. The Hall–Kier alpha value is -3.26. The molecule has 8 heteroatoms. The number of hydrogen-bond acceptors (Lipinski definition) is 6. The number of piperidine rings is 1. The van der Waals surface area contributed by atoms with E-state index in [0.29, 0.717) is 62.0 Å². The topological polar surface area (TPSA) is 77.7 Å². The summed E-state index contributed by atoms with van der Waals surface area (Å²) in [4.78, 5) is 19.1. The van der Waals surface area contributed by atoms with Crippen molar-refractivity contribution in [3.05, 3.63) is 66.2 Å². The van der Waals surface area contributed by atoms with E-state index in [9.17, 15) is 9.18 Å². The zero-order chi connectivity index (χ0) is 22.4. The number of para-hydroxylation sites is 1. The monoisotopic (exact) mass is 439 g/mol. The van der Waals surface area contributed by atoms with Gasteiger partial charge in [-0.05, 0) is 55.7 Å². The summed E-state index contributed by atoms with van der Waals surface area (Å²) >= 11 is 0. The molecule has 3 aromatic rings. The van der Waals surface area contributed by atoms with Crippen LogP contribution >= 0.6 is 0 Å². The zero-order valence-electron chi connectivity index (χ0n) is 18.0. The minimum absolute atomic E-state index is 0.00596. The number of amides is 1. The van der Waals surface area contributed by atoms with E-state index in [0.717, 1.165) is 0 Å². The number of carbonyl (C=O) groups excluding carboxylic acids is 1. The van der Waals surface area contributed by atoms with Crippen molar-refractivity contribution in [2.75, 3.05) is 33.4 Å². The van der Waals surface area contributed by atoms with Crippen LogP contribution in [-0.4, -0.2) is 54.4 Å². The van der Waals surface area contributed by atoms with E-state index < -0.39 is 0 Å². The normalized spacial score (nSPS) is 15.5. The molecular weight excluding hydrogens is 413 g/mol. The van der Waals surface area contributed by atoms with Crippen LogP contribution in [0.3, 0.4) is 0 Å². The smallest absolute Gasteiger partial charge is 0.260 e. The molecule has 0 radical (unpaired) electrons. The molecule has 2 aromatic carbocycles. The fraction of sp³-hybridized carbons (Fsp3) is 0.375. The SMILES string of the molecule is COCCC1(c2noc(-c3ccc(F)cc3)n2)CCN(C(=O)COc2ccccc2)CC1. The van der Waals surface area contributed by atoms with Crippen LogP contribution in [0.1, 0.15) is 25.1 Å². The summed E-state index contributed by atoms with van der Waals surface area (Å²) in [5.74, 6) is 1.26. The molecule has 1 saturated heterocycles. The number of halogens is 1. The van der Waals surface area contributed by atoms with Crippen molar-refractivity contribution in [3.63, 3.8) is 0 Å². The second-order valence-electron chi connectivity index (χ2n) is 7.94. The minimum atomic E-state index is -0.352. The lowest BCUT2D eigenvalue weighted by Gasteiger charge is -2.39. The molecule has 0 atom stereocenters. The lowest BCUT2D eigenvalue weighted by atomic mass is 9.75. The predicted molar refractivity (Wildman–Crippen MR) is 116 cm³/mol. The molecule has 1 amide bonds. The Labute approximate surface area is 186 Å². The quantitative estimate of drug-likeness (QED) is 0.531. The molecule has 168 valence electrons. The van der Waals surface area contributed by atoms with Gasteiger partial charge in [0.15, 0.2) is 12.4 Å². The molecule has 1 aromatic heterocycles. The molecule has 0 saturated carbocycles. The number of hydrogen-bond donors (Lipinski definition) is 0. The number of nitrogens with zero attached hydrogens (tertiary/aromatic N) is 3. The molecule has 0 unspecified atom stereocenters. The average Bonchev–Trinajstić information content (AvgIpc) is 3.34. The highest BCUT2D eigenvalue weighted by Gasteiger charge is 2.41. The van der Waals surface area contributed by atoms with Crippen LogP contribution in [0, 0.1) is 5.82 Å². The van der Waals surface area contributed by atoms with Gasteiger partial charge in [0.05, 0.1) is 0 Å². The first-order valence-corrected chi connectivity index (χ1v) is 10.6. The highest BCUT2D eigenvalue weighted by Crippen LogP contribution is 2.38. The summed E-state index contributed by atoms with van der Waals surface area (Å²) in [7, 11) is 1.66. The maximum Gasteiger partial charge on any atom is 0.260 e. The molecule has 0 spiro atoms. The highest BCUT2D eigenvalue weighted by molar-refractivity contribution is 5.78. The lowest BCUT2D eigenvalue weighted by Crippen LogP contribution is -2.47. The number of ether oxygens (including phenoxy) is 2. The summed E-state index contributed by atoms with van der Waals surface area (Å²) in [5.41, 5.74) is 0.312. The van der Waals surface area contributed by atoms with Crippen LogP contribution in [0.15, 0.2) is 59.1 Å². The molecule has 0 bridgehead atoms. The second kappa shape index (κ2) is 9.91. The van der Waals surface area contributed by atoms with E-state index in [1.165, 1.54) is 12.1 Å².